The number of aryl methyl sites for hydroxylation is 1. The Bertz CT molecular complexity index is 496. The molecule has 1 heterocycles. The average molecular weight is 277 g/mol. The lowest BCUT2D eigenvalue weighted by molar-refractivity contribution is 0.302. The first kappa shape index (κ1) is 14.1. The Morgan fingerprint density at radius 3 is 2.63 bits per heavy atom. The molecule has 1 N–H and O–H groups in total. The zero-order chi connectivity index (χ0) is 13.5. The molecule has 5 heteroatoms. The Balaban J connectivity index is 1.83. The van der Waals surface area contributed by atoms with E-state index in [0.717, 1.165) is 30.2 Å². The largest absolute Gasteiger partial charge is 0.313 e. The fourth-order valence-corrected chi connectivity index (χ4v) is 2.54. The van der Waals surface area contributed by atoms with Crippen LogP contribution in [0.4, 0.5) is 0 Å². The fourth-order valence-electron chi connectivity index (χ4n) is 1.65. The minimum atomic E-state index is 0.794. The average Bonchev–Trinajstić information content (AvgIpc) is 2.84. The summed E-state index contributed by atoms with van der Waals surface area (Å²) in [6, 6.07) is 8.63. The van der Waals surface area contributed by atoms with E-state index in [1.807, 2.05) is 6.92 Å². The van der Waals surface area contributed by atoms with Gasteiger partial charge < -0.3 is 5.32 Å². The highest BCUT2D eigenvalue weighted by atomic mass is 32.2. The lowest BCUT2D eigenvalue weighted by atomic mass is 10.2. The van der Waals surface area contributed by atoms with E-state index >= 15 is 0 Å². The molecule has 0 spiro atoms. The van der Waals surface area contributed by atoms with E-state index in [4.69, 9.17) is 0 Å². The van der Waals surface area contributed by atoms with Crippen LogP contribution in [-0.2, 0) is 12.3 Å². The Morgan fingerprint density at radius 2 is 2.00 bits per heavy atom. The first-order chi connectivity index (χ1) is 9.29. The standard InChI is InChI=1S/C14H19N3OS/c1-3-8-15-9-12-4-6-13(7-5-12)19-10-14-11(2)16-18-17-14/h4-7,15H,3,8-10H2,1-2H3. The van der Waals surface area contributed by atoms with Crippen molar-refractivity contribution in [3.8, 4) is 0 Å². The number of thioether (sulfide) groups is 1. The van der Waals surface area contributed by atoms with Crippen LogP contribution in [0.25, 0.3) is 0 Å². The van der Waals surface area contributed by atoms with E-state index in [0.29, 0.717) is 0 Å². The minimum Gasteiger partial charge on any atom is -0.313 e. The molecule has 0 atom stereocenters. The van der Waals surface area contributed by atoms with Crippen molar-refractivity contribution < 1.29 is 4.63 Å². The predicted octanol–water partition coefficient (Wildman–Crippen LogP) is 3.17. The number of aromatic nitrogens is 2. The van der Waals surface area contributed by atoms with Crippen LogP contribution in [0.1, 0.15) is 30.3 Å². The summed E-state index contributed by atoms with van der Waals surface area (Å²) in [5, 5.41) is 11.1. The van der Waals surface area contributed by atoms with Gasteiger partial charge in [-0.3, -0.25) is 0 Å². The van der Waals surface area contributed by atoms with Crippen molar-refractivity contribution >= 4 is 11.8 Å². The van der Waals surface area contributed by atoms with E-state index in [9.17, 15) is 0 Å². The third-order valence-corrected chi connectivity index (χ3v) is 3.82. The lowest BCUT2D eigenvalue weighted by Gasteiger charge is -2.04. The van der Waals surface area contributed by atoms with Gasteiger partial charge in [-0.2, -0.15) is 0 Å². The third kappa shape index (κ3) is 4.36. The Morgan fingerprint density at radius 1 is 1.21 bits per heavy atom. The molecule has 0 saturated heterocycles. The zero-order valence-electron chi connectivity index (χ0n) is 11.3. The summed E-state index contributed by atoms with van der Waals surface area (Å²) < 4.78 is 4.69. The summed E-state index contributed by atoms with van der Waals surface area (Å²) in [6.45, 7) is 6.09. The number of nitrogens with zero attached hydrogens (tertiary/aromatic N) is 2. The molecular formula is C14H19N3OS. The molecule has 0 radical (unpaired) electrons. The highest BCUT2D eigenvalue weighted by Crippen LogP contribution is 2.23. The molecule has 0 aliphatic carbocycles. The first-order valence-electron chi connectivity index (χ1n) is 6.50. The smallest absolute Gasteiger partial charge is 0.118 e. The third-order valence-electron chi connectivity index (χ3n) is 2.80. The normalized spacial score (nSPS) is 10.8. The fraction of sp³-hybridized carbons (Fsp3) is 0.429. The summed E-state index contributed by atoms with van der Waals surface area (Å²) in [5.41, 5.74) is 3.10. The maximum Gasteiger partial charge on any atom is 0.118 e. The molecule has 0 amide bonds. The van der Waals surface area contributed by atoms with Gasteiger partial charge in [0, 0.05) is 17.2 Å². The van der Waals surface area contributed by atoms with Crippen molar-refractivity contribution in [2.24, 2.45) is 0 Å². The molecule has 0 fully saturated rings. The van der Waals surface area contributed by atoms with Gasteiger partial charge in [0.05, 0.1) is 0 Å². The van der Waals surface area contributed by atoms with Crippen molar-refractivity contribution in [1.29, 1.82) is 0 Å². The van der Waals surface area contributed by atoms with Crippen LogP contribution >= 0.6 is 11.8 Å². The van der Waals surface area contributed by atoms with Gasteiger partial charge in [0.1, 0.15) is 11.4 Å². The summed E-state index contributed by atoms with van der Waals surface area (Å²) in [6.07, 6.45) is 1.17. The van der Waals surface area contributed by atoms with Crippen LogP contribution in [0.5, 0.6) is 0 Å². The van der Waals surface area contributed by atoms with Gasteiger partial charge in [0.25, 0.3) is 0 Å². The quantitative estimate of drug-likeness (QED) is 0.622. The molecule has 2 rings (SSSR count). The number of hydrogen-bond donors (Lipinski definition) is 1. The second kappa shape index (κ2) is 7.31. The molecule has 1 aromatic heterocycles. The molecule has 19 heavy (non-hydrogen) atoms. The van der Waals surface area contributed by atoms with Crippen molar-refractivity contribution in [2.45, 2.75) is 37.5 Å². The van der Waals surface area contributed by atoms with Gasteiger partial charge in [-0.15, -0.1) is 11.8 Å². The zero-order valence-corrected chi connectivity index (χ0v) is 12.2. The summed E-state index contributed by atoms with van der Waals surface area (Å²) >= 11 is 1.75. The maximum absolute atomic E-state index is 4.69. The van der Waals surface area contributed by atoms with E-state index in [1.165, 1.54) is 16.9 Å². The first-order valence-corrected chi connectivity index (χ1v) is 7.48. The minimum absolute atomic E-state index is 0.794. The van der Waals surface area contributed by atoms with Crippen LogP contribution in [-0.4, -0.2) is 16.9 Å². The summed E-state index contributed by atoms with van der Waals surface area (Å²) in [4.78, 5) is 1.24. The van der Waals surface area contributed by atoms with Gasteiger partial charge >= 0.3 is 0 Å². The Hall–Kier alpha value is -1.33. The van der Waals surface area contributed by atoms with E-state index in [-0.39, 0.29) is 0 Å². The predicted molar refractivity (Wildman–Crippen MR) is 77.0 cm³/mol. The van der Waals surface area contributed by atoms with Crippen molar-refractivity contribution in [3.05, 3.63) is 41.2 Å². The molecular weight excluding hydrogens is 258 g/mol. The molecule has 4 nitrogen and oxygen atoms in total. The van der Waals surface area contributed by atoms with Crippen LogP contribution in [0, 0.1) is 6.92 Å². The van der Waals surface area contributed by atoms with Crippen LogP contribution in [0.15, 0.2) is 33.8 Å². The van der Waals surface area contributed by atoms with Gasteiger partial charge in [-0.25, -0.2) is 4.63 Å². The Labute approximate surface area is 117 Å². The SMILES string of the molecule is CCCNCc1ccc(SCc2nonc2C)cc1. The number of nitrogens with one attached hydrogen (secondary N) is 1. The van der Waals surface area contributed by atoms with Gasteiger partial charge in [0.15, 0.2) is 0 Å². The molecule has 0 unspecified atom stereocenters. The monoisotopic (exact) mass is 277 g/mol. The molecule has 1 aromatic carbocycles. The maximum atomic E-state index is 4.69. The molecule has 2 aromatic rings. The van der Waals surface area contributed by atoms with Crippen LogP contribution in [0.3, 0.4) is 0 Å². The van der Waals surface area contributed by atoms with Gasteiger partial charge in [-0.1, -0.05) is 29.4 Å². The second-order valence-corrected chi connectivity index (χ2v) is 5.45. The number of hydrogen-bond acceptors (Lipinski definition) is 5. The van der Waals surface area contributed by atoms with Crippen molar-refractivity contribution in [3.63, 3.8) is 0 Å². The summed E-state index contributed by atoms with van der Waals surface area (Å²) in [5.74, 6) is 0.794. The molecule has 0 aliphatic heterocycles. The molecule has 0 saturated carbocycles. The topological polar surface area (TPSA) is 51.0 Å². The highest BCUT2D eigenvalue weighted by molar-refractivity contribution is 7.98. The van der Waals surface area contributed by atoms with Crippen molar-refractivity contribution in [2.75, 3.05) is 6.54 Å². The number of rotatable bonds is 7. The van der Waals surface area contributed by atoms with Gasteiger partial charge in [-0.05, 0) is 37.6 Å². The van der Waals surface area contributed by atoms with Crippen molar-refractivity contribution in [1.82, 2.24) is 15.6 Å². The number of benzene rings is 1. The molecule has 0 bridgehead atoms. The lowest BCUT2D eigenvalue weighted by Crippen LogP contribution is -2.13. The second-order valence-electron chi connectivity index (χ2n) is 4.41. The van der Waals surface area contributed by atoms with E-state index < -0.39 is 0 Å². The van der Waals surface area contributed by atoms with E-state index in [2.05, 4.69) is 51.4 Å². The highest BCUT2D eigenvalue weighted by Gasteiger charge is 2.05. The summed E-state index contributed by atoms with van der Waals surface area (Å²) in [7, 11) is 0. The Kier molecular flexibility index (Phi) is 5.42. The van der Waals surface area contributed by atoms with Gasteiger partial charge in [0.2, 0.25) is 0 Å². The van der Waals surface area contributed by atoms with E-state index in [1.54, 1.807) is 11.8 Å². The molecule has 102 valence electrons. The van der Waals surface area contributed by atoms with Crippen LogP contribution < -0.4 is 5.32 Å². The molecule has 0 aliphatic rings. The van der Waals surface area contributed by atoms with Crippen LogP contribution in [0.2, 0.25) is 0 Å².